The molecule has 0 aliphatic carbocycles. The van der Waals surface area contributed by atoms with Crippen molar-refractivity contribution >= 4 is 7.82 Å². The maximum Gasteiger partial charge on any atom is 0.524 e. The zero-order valence-corrected chi connectivity index (χ0v) is 12.2. The smallest absolute Gasteiger partial charge is 0.223 e. The maximum absolute atomic E-state index is 12.1. The predicted octanol–water partition coefficient (Wildman–Crippen LogP) is 1.88. The highest BCUT2D eigenvalue weighted by Crippen LogP contribution is 2.46. The third-order valence-corrected chi connectivity index (χ3v) is 2.19. The van der Waals surface area contributed by atoms with Crippen molar-refractivity contribution in [2.45, 2.75) is 59.7 Å². The lowest BCUT2D eigenvalue weighted by Gasteiger charge is -2.20. The molecule has 0 aliphatic heterocycles. The largest absolute Gasteiger partial charge is 0.524 e. The highest BCUT2D eigenvalue weighted by molar-refractivity contribution is 7.48. The summed E-state index contributed by atoms with van der Waals surface area (Å²) in [5, 5.41) is 0. The first kappa shape index (κ1) is 17.0. The molecule has 0 aliphatic rings. The van der Waals surface area contributed by atoms with E-state index in [0.29, 0.717) is 0 Å². The average Bonchev–Trinajstić information content (AvgIpc) is 2.21. The van der Waals surface area contributed by atoms with Crippen molar-refractivity contribution in [3.05, 3.63) is 0 Å². The lowest BCUT2D eigenvalue weighted by molar-refractivity contribution is -0.00106. The minimum absolute atomic E-state index is 0.00590. The van der Waals surface area contributed by atoms with Gasteiger partial charge >= 0.3 is 7.82 Å². The molecule has 0 saturated carbocycles. The molecule has 0 spiro atoms. The van der Waals surface area contributed by atoms with E-state index in [1.54, 1.807) is 0 Å². The first-order valence-electron chi connectivity index (χ1n) is 5.67. The molecule has 7 nitrogen and oxygen atoms in total. The van der Waals surface area contributed by atoms with E-state index in [-0.39, 0.29) is 18.1 Å². The molecule has 0 rings (SSSR count). The van der Waals surface area contributed by atoms with Crippen LogP contribution >= 0.6 is 7.82 Å². The lowest BCUT2D eigenvalue weighted by Crippen LogP contribution is -2.31. The van der Waals surface area contributed by atoms with Crippen molar-refractivity contribution in [1.29, 1.82) is 0 Å². The van der Waals surface area contributed by atoms with Gasteiger partial charge in [-0.1, -0.05) is 0 Å². The van der Waals surface area contributed by atoms with E-state index in [1.807, 2.05) is 41.5 Å². The molecule has 3 N–H and O–H groups in total. The van der Waals surface area contributed by atoms with Crippen LogP contribution in [0, 0.1) is 0 Å². The standard InChI is InChI=1S/C9H24N3O4P/c1-7(2)10-14-17(13,15-11-8(3)4)16-12-9(5)6/h7-12H,1-6H3. The van der Waals surface area contributed by atoms with E-state index in [9.17, 15) is 4.57 Å². The maximum atomic E-state index is 12.1. The first-order valence-corrected chi connectivity index (χ1v) is 7.13. The summed E-state index contributed by atoms with van der Waals surface area (Å²) in [6.45, 7) is 11.1. The van der Waals surface area contributed by atoms with E-state index in [1.165, 1.54) is 0 Å². The normalized spacial score (nSPS) is 13.0. The summed E-state index contributed by atoms with van der Waals surface area (Å²) in [7, 11) is -3.71. The summed E-state index contributed by atoms with van der Waals surface area (Å²) in [5.74, 6) is 0. The van der Waals surface area contributed by atoms with E-state index in [0.717, 1.165) is 0 Å². The third kappa shape index (κ3) is 9.67. The van der Waals surface area contributed by atoms with Gasteiger partial charge in [0.25, 0.3) is 0 Å². The molecule has 0 unspecified atom stereocenters. The van der Waals surface area contributed by atoms with Crippen molar-refractivity contribution in [3.8, 4) is 0 Å². The highest BCUT2D eigenvalue weighted by atomic mass is 31.2. The van der Waals surface area contributed by atoms with Gasteiger partial charge in [-0.2, -0.15) is 30.3 Å². The topological polar surface area (TPSA) is 80.9 Å². The van der Waals surface area contributed by atoms with Gasteiger partial charge in [-0.05, 0) is 41.5 Å². The number of hydrogen-bond donors (Lipinski definition) is 3. The summed E-state index contributed by atoms with van der Waals surface area (Å²) < 4.78 is 26.9. The molecule has 0 atom stereocenters. The van der Waals surface area contributed by atoms with Crippen molar-refractivity contribution < 1.29 is 18.4 Å². The van der Waals surface area contributed by atoms with Crippen LogP contribution < -0.4 is 16.4 Å². The zero-order chi connectivity index (χ0) is 13.5. The Labute approximate surface area is 103 Å². The molecule has 0 radical (unpaired) electrons. The molecule has 8 heteroatoms. The Kier molecular flexibility index (Phi) is 8.15. The van der Waals surface area contributed by atoms with Gasteiger partial charge in [0.15, 0.2) is 0 Å². The zero-order valence-electron chi connectivity index (χ0n) is 11.3. The van der Waals surface area contributed by atoms with Crippen molar-refractivity contribution in [3.63, 3.8) is 0 Å². The Balaban J connectivity index is 4.29. The van der Waals surface area contributed by atoms with Gasteiger partial charge in [0.1, 0.15) is 0 Å². The molecular weight excluding hydrogens is 245 g/mol. The van der Waals surface area contributed by atoms with Gasteiger partial charge in [-0.15, -0.1) is 0 Å². The van der Waals surface area contributed by atoms with Crippen LogP contribution in [0.1, 0.15) is 41.5 Å². The number of hydrogen-bond acceptors (Lipinski definition) is 7. The second-order valence-electron chi connectivity index (χ2n) is 4.54. The van der Waals surface area contributed by atoms with Crippen LogP contribution in [0.5, 0.6) is 0 Å². The minimum atomic E-state index is -3.71. The molecule has 0 aromatic heterocycles. The number of hydroxylamine groups is 3. The first-order chi connectivity index (χ1) is 7.75. The average molecular weight is 269 g/mol. The molecule has 17 heavy (non-hydrogen) atoms. The molecule has 0 bridgehead atoms. The fourth-order valence-corrected chi connectivity index (χ4v) is 1.70. The summed E-state index contributed by atoms with van der Waals surface area (Å²) >= 11 is 0. The van der Waals surface area contributed by atoms with Gasteiger partial charge in [-0.3, -0.25) is 0 Å². The van der Waals surface area contributed by atoms with Crippen LogP contribution in [-0.2, 0) is 18.4 Å². The molecule has 0 aromatic rings. The van der Waals surface area contributed by atoms with Gasteiger partial charge < -0.3 is 0 Å². The quantitative estimate of drug-likeness (QED) is 0.435. The van der Waals surface area contributed by atoms with E-state index >= 15 is 0 Å². The molecular formula is C9H24N3O4P. The van der Waals surface area contributed by atoms with Crippen LogP contribution in [0.3, 0.4) is 0 Å². The van der Waals surface area contributed by atoms with E-state index in [4.69, 9.17) is 13.9 Å². The Bertz CT molecular complexity index is 210. The van der Waals surface area contributed by atoms with Crippen molar-refractivity contribution in [2.75, 3.05) is 0 Å². The van der Waals surface area contributed by atoms with Crippen molar-refractivity contribution in [1.82, 2.24) is 16.4 Å². The fourth-order valence-electron chi connectivity index (χ4n) is 0.566. The molecule has 0 aromatic carbocycles. The fraction of sp³-hybridized carbons (Fsp3) is 1.00. The minimum Gasteiger partial charge on any atom is -0.223 e. The highest BCUT2D eigenvalue weighted by Gasteiger charge is 2.30. The van der Waals surface area contributed by atoms with Gasteiger partial charge in [0.05, 0.1) is 0 Å². The van der Waals surface area contributed by atoms with E-state index in [2.05, 4.69) is 16.4 Å². The van der Waals surface area contributed by atoms with Gasteiger partial charge in [-0.25, -0.2) is 4.57 Å². The van der Waals surface area contributed by atoms with E-state index < -0.39 is 7.82 Å². The molecule has 0 amide bonds. The number of phosphoric acid groups is 1. The molecule has 0 saturated heterocycles. The predicted molar refractivity (Wildman–Crippen MR) is 65.7 cm³/mol. The van der Waals surface area contributed by atoms with Crippen LogP contribution in [-0.4, -0.2) is 18.1 Å². The SMILES string of the molecule is CC(C)NOP(=O)(ONC(C)C)ONC(C)C. The molecule has 104 valence electrons. The Morgan fingerprint density at radius 2 is 0.941 bits per heavy atom. The van der Waals surface area contributed by atoms with Crippen LogP contribution in [0.2, 0.25) is 0 Å². The number of rotatable bonds is 9. The van der Waals surface area contributed by atoms with Crippen LogP contribution in [0.25, 0.3) is 0 Å². The summed E-state index contributed by atoms with van der Waals surface area (Å²) in [6.07, 6.45) is 0. The Morgan fingerprint density at radius 3 is 1.12 bits per heavy atom. The second-order valence-corrected chi connectivity index (χ2v) is 5.98. The summed E-state index contributed by atoms with van der Waals surface area (Å²) in [4.78, 5) is 0. The van der Waals surface area contributed by atoms with Gasteiger partial charge in [0.2, 0.25) is 0 Å². The Morgan fingerprint density at radius 1 is 0.706 bits per heavy atom. The molecule has 0 fully saturated rings. The summed E-state index contributed by atoms with van der Waals surface area (Å²) in [5.41, 5.74) is 7.62. The van der Waals surface area contributed by atoms with Crippen LogP contribution in [0.4, 0.5) is 0 Å². The molecule has 0 heterocycles. The Hall–Kier alpha value is -0.0100. The van der Waals surface area contributed by atoms with Crippen molar-refractivity contribution in [2.24, 2.45) is 0 Å². The van der Waals surface area contributed by atoms with Crippen LogP contribution in [0.15, 0.2) is 0 Å². The second kappa shape index (κ2) is 8.16. The monoisotopic (exact) mass is 269 g/mol. The number of nitrogens with one attached hydrogen (secondary N) is 3. The van der Waals surface area contributed by atoms with Gasteiger partial charge in [0, 0.05) is 18.1 Å². The lowest BCUT2D eigenvalue weighted by atomic mass is 10.4. The summed E-state index contributed by atoms with van der Waals surface area (Å²) in [6, 6.07) is -0.0177. The third-order valence-electron chi connectivity index (χ3n) is 1.20.